The van der Waals surface area contributed by atoms with Gasteiger partial charge in [-0.15, -0.1) is 0 Å². The van der Waals surface area contributed by atoms with Crippen LogP contribution in [0.25, 0.3) is 0 Å². The molecule has 0 unspecified atom stereocenters. The molecular formula is C18H18Cl2O4Te. The molecule has 2 fully saturated rings. The first kappa shape index (κ1) is 18.0. The number of ether oxygens (including phenoxy) is 4. The summed E-state index contributed by atoms with van der Waals surface area (Å²) >= 11 is -3.70. The Morgan fingerprint density at radius 2 is 1.00 bits per heavy atom. The van der Waals surface area contributed by atoms with Crippen LogP contribution < -0.4 is 7.22 Å². The summed E-state index contributed by atoms with van der Waals surface area (Å²) in [5, 5.41) is 0. The first-order chi connectivity index (χ1) is 12.2. The van der Waals surface area contributed by atoms with E-state index >= 15 is 0 Å². The van der Waals surface area contributed by atoms with Gasteiger partial charge in [0.2, 0.25) is 0 Å². The standard InChI is InChI=1S/C18H18Cl2O4Te/c19-25(20,15-7-3-1-5-13(15)17-21-9-10-22-17)16-8-4-2-6-14(16)18-23-11-12-24-18/h1-8,17-18H,9-12H2. The molecule has 25 heavy (non-hydrogen) atoms. The Balaban J connectivity index is 1.78. The van der Waals surface area contributed by atoms with Gasteiger partial charge in [-0.25, -0.2) is 0 Å². The average Bonchev–Trinajstić information content (AvgIpc) is 3.35. The van der Waals surface area contributed by atoms with Crippen LogP contribution in [0.15, 0.2) is 48.5 Å². The molecule has 2 aromatic carbocycles. The summed E-state index contributed by atoms with van der Waals surface area (Å²) in [5.41, 5.74) is 1.82. The molecule has 0 N–H and O–H groups in total. The van der Waals surface area contributed by atoms with E-state index in [2.05, 4.69) is 0 Å². The SMILES string of the molecule is Cl[Te](Cl)(c1ccccc1C1OCCO1)c1ccccc1C1OCCO1. The second-order valence-corrected chi connectivity index (χ2v) is 18.1. The fraction of sp³-hybridized carbons (Fsp3) is 0.333. The van der Waals surface area contributed by atoms with E-state index in [9.17, 15) is 0 Å². The zero-order valence-electron chi connectivity index (χ0n) is 13.4. The molecule has 2 saturated heterocycles. The third-order valence-corrected chi connectivity index (χ3v) is 13.9. The molecule has 2 aliphatic heterocycles. The van der Waals surface area contributed by atoms with Gasteiger partial charge in [0.1, 0.15) is 0 Å². The van der Waals surface area contributed by atoms with E-state index in [0.29, 0.717) is 26.4 Å². The Kier molecular flexibility index (Phi) is 5.57. The summed E-state index contributed by atoms with van der Waals surface area (Å²) < 4.78 is 24.6. The Bertz CT molecular complexity index is 682. The first-order valence-corrected chi connectivity index (χ1v) is 16.3. The van der Waals surface area contributed by atoms with Crippen molar-refractivity contribution >= 4 is 41.1 Å². The molecule has 0 bridgehead atoms. The van der Waals surface area contributed by atoms with Crippen LogP contribution in [0.3, 0.4) is 0 Å². The molecule has 134 valence electrons. The van der Waals surface area contributed by atoms with E-state index < -0.39 is 28.5 Å². The summed E-state index contributed by atoms with van der Waals surface area (Å²) in [7, 11) is 14.2. The van der Waals surface area contributed by atoms with Gasteiger partial charge in [-0.05, 0) is 0 Å². The second kappa shape index (κ2) is 7.72. The van der Waals surface area contributed by atoms with Gasteiger partial charge in [-0.1, -0.05) is 0 Å². The molecule has 4 rings (SSSR count). The molecular weight excluding hydrogens is 479 g/mol. The van der Waals surface area contributed by atoms with Crippen molar-refractivity contribution in [3.63, 3.8) is 0 Å². The maximum atomic E-state index is 7.09. The van der Waals surface area contributed by atoms with Gasteiger partial charge >= 0.3 is 159 Å². The quantitative estimate of drug-likeness (QED) is 0.610. The fourth-order valence-corrected chi connectivity index (χ4v) is 11.5. The zero-order chi connectivity index (χ0) is 17.3. The third-order valence-electron chi connectivity index (χ3n) is 4.14. The van der Waals surface area contributed by atoms with Gasteiger partial charge in [-0.3, -0.25) is 0 Å². The van der Waals surface area contributed by atoms with Crippen LogP contribution in [0.1, 0.15) is 23.7 Å². The van der Waals surface area contributed by atoms with E-state index in [1.807, 2.05) is 48.5 Å². The van der Waals surface area contributed by atoms with Crippen molar-refractivity contribution < 1.29 is 18.9 Å². The second-order valence-electron chi connectivity index (χ2n) is 5.69. The van der Waals surface area contributed by atoms with Crippen LogP contribution in [-0.4, -0.2) is 42.4 Å². The van der Waals surface area contributed by atoms with Crippen molar-refractivity contribution in [1.29, 1.82) is 0 Å². The molecule has 0 saturated carbocycles. The maximum absolute atomic E-state index is 7.09. The molecule has 0 aromatic heterocycles. The summed E-state index contributed by atoms with van der Waals surface area (Å²) in [4.78, 5) is 0. The van der Waals surface area contributed by atoms with Crippen molar-refractivity contribution in [3.8, 4) is 0 Å². The van der Waals surface area contributed by atoms with Crippen LogP contribution in [0.5, 0.6) is 0 Å². The van der Waals surface area contributed by atoms with Crippen molar-refractivity contribution in [2.24, 2.45) is 0 Å². The van der Waals surface area contributed by atoms with Crippen molar-refractivity contribution in [1.82, 2.24) is 0 Å². The van der Waals surface area contributed by atoms with E-state index in [1.165, 1.54) is 0 Å². The molecule has 7 heteroatoms. The Morgan fingerprint density at radius 1 is 0.640 bits per heavy atom. The Labute approximate surface area is 158 Å². The van der Waals surface area contributed by atoms with Gasteiger partial charge in [0.15, 0.2) is 0 Å². The predicted molar refractivity (Wildman–Crippen MR) is 98.9 cm³/mol. The average molecular weight is 497 g/mol. The normalized spacial score (nSPS) is 20.2. The molecule has 4 nitrogen and oxygen atoms in total. The molecule has 0 spiro atoms. The Morgan fingerprint density at radius 3 is 1.40 bits per heavy atom. The number of benzene rings is 2. The molecule has 0 radical (unpaired) electrons. The van der Waals surface area contributed by atoms with Crippen LogP contribution in [0.4, 0.5) is 0 Å². The van der Waals surface area contributed by atoms with Crippen LogP contribution in [0, 0.1) is 0 Å². The fourth-order valence-electron chi connectivity index (χ4n) is 3.01. The minimum atomic E-state index is -3.70. The summed E-state index contributed by atoms with van der Waals surface area (Å²) in [6.07, 6.45) is -0.823. The minimum absolute atomic E-state index is 0.412. The molecule has 0 amide bonds. The van der Waals surface area contributed by atoms with Gasteiger partial charge in [0.25, 0.3) is 0 Å². The van der Waals surface area contributed by atoms with E-state index in [0.717, 1.165) is 18.3 Å². The topological polar surface area (TPSA) is 36.9 Å². The van der Waals surface area contributed by atoms with Gasteiger partial charge < -0.3 is 0 Å². The summed E-state index contributed by atoms with van der Waals surface area (Å²) in [6.45, 7) is 2.29. The van der Waals surface area contributed by atoms with Gasteiger partial charge in [0.05, 0.1) is 0 Å². The van der Waals surface area contributed by atoms with Crippen molar-refractivity contribution in [2.45, 2.75) is 12.6 Å². The number of halogens is 2. The van der Waals surface area contributed by atoms with Crippen molar-refractivity contribution in [2.75, 3.05) is 26.4 Å². The molecule has 2 aromatic rings. The molecule has 0 atom stereocenters. The molecule has 2 heterocycles. The number of rotatable bonds is 4. The zero-order valence-corrected chi connectivity index (χ0v) is 17.2. The molecule has 2 aliphatic rings. The van der Waals surface area contributed by atoms with E-state index in [1.54, 1.807) is 0 Å². The third kappa shape index (κ3) is 3.58. The van der Waals surface area contributed by atoms with Crippen LogP contribution >= 0.6 is 17.9 Å². The van der Waals surface area contributed by atoms with E-state index in [4.69, 9.17) is 36.9 Å². The number of hydrogen-bond donors (Lipinski definition) is 0. The van der Waals surface area contributed by atoms with Crippen LogP contribution in [-0.2, 0) is 18.9 Å². The Hall–Kier alpha value is -0.350. The van der Waals surface area contributed by atoms with Crippen LogP contribution in [0.2, 0.25) is 0 Å². The predicted octanol–water partition coefficient (Wildman–Crippen LogP) is 2.81. The summed E-state index contributed by atoms with van der Waals surface area (Å²) in [5.74, 6) is 0. The number of hydrogen-bond acceptors (Lipinski definition) is 4. The van der Waals surface area contributed by atoms with Crippen molar-refractivity contribution in [3.05, 3.63) is 59.7 Å². The van der Waals surface area contributed by atoms with E-state index in [-0.39, 0.29) is 0 Å². The first-order valence-electron chi connectivity index (χ1n) is 8.05. The van der Waals surface area contributed by atoms with Gasteiger partial charge in [-0.2, -0.15) is 0 Å². The molecule has 0 aliphatic carbocycles. The monoisotopic (exact) mass is 498 g/mol. The van der Waals surface area contributed by atoms with Gasteiger partial charge in [0, 0.05) is 0 Å². The summed E-state index contributed by atoms with van der Waals surface area (Å²) in [6, 6.07) is 15.7.